The van der Waals surface area contributed by atoms with E-state index >= 15 is 0 Å². The number of non-ortho nitro benzene ring substituents is 1. The first-order valence-electron chi connectivity index (χ1n) is 7.37. The lowest BCUT2D eigenvalue weighted by atomic mass is 10.2. The van der Waals surface area contributed by atoms with Gasteiger partial charge in [-0.2, -0.15) is 5.10 Å². The Morgan fingerprint density at radius 2 is 2.13 bits per heavy atom. The van der Waals surface area contributed by atoms with Gasteiger partial charge in [-0.05, 0) is 19.1 Å². The molecule has 3 rings (SSSR count). The van der Waals surface area contributed by atoms with Crippen LogP contribution in [0.15, 0.2) is 36.7 Å². The van der Waals surface area contributed by atoms with Crippen LogP contribution in [0.3, 0.4) is 0 Å². The van der Waals surface area contributed by atoms with Crippen LogP contribution in [0, 0.1) is 10.1 Å². The lowest BCUT2D eigenvalue weighted by Gasteiger charge is -2.33. The minimum atomic E-state index is -0.451. The molecule has 0 radical (unpaired) electrons. The highest BCUT2D eigenvalue weighted by atomic mass is 16.6. The van der Waals surface area contributed by atoms with Gasteiger partial charge in [-0.15, -0.1) is 0 Å². The van der Waals surface area contributed by atoms with E-state index in [4.69, 9.17) is 0 Å². The quantitative estimate of drug-likeness (QED) is 0.679. The summed E-state index contributed by atoms with van der Waals surface area (Å²) in [5, 5.41) is 18.1. The highest BCUT2D eigenvalue weighted by Crippen LogP contribution is 2.16. The van der Waals surface area contributed by atoms with Crippen LogP contribution in [0.2, 0.25) is 0 Å². The molecule has 1 aliphatic heterocycles. The molecule has 1 aliphatic rings. The largest absolute Gasteiger partial charge is 0.333 e. The maximum atomic E-state index is 12.6. The van der Waals surface area contributed by atoms with E-state index in [0.29, 0.717) is 17.8 Å². The summed E-state index contributed by atoms with van der Waals surface area (Å²) in [6.45, 7) is 4.24. The molecule has 0 bridgehead atoms. The molecule has 0 aliphatic carbocycles. The van der Waals surface area contributed by atoms with Crippen LogP contribution in [0.4, 0.5) is 5.69 Å². The monoisotopic (exact) mass is 315 g/mol. The number of hydrogen-bond acceptors (Lipinski definition) is 5. The zero-order valence-corrected chi connectivity index (χ0v) is 12.7. The Morgan fingerprint density at radius 3 is 2.78 bits per heavy atom. The van der Waals surface area contributed by atoms with Crippen molar-refractivity contribution in [3.63, 3.8) is 0 Å². The fourth-order valence-corrected chi connectivity index (χ4v) is 2.61. The average Bonchev–Trinajstić information content (AvgIpc) is 3.05. The van der Waals surface area contributed by atoms with E-state index in [2.05, 4.69) is 10.4 Å². The van der Waals surface area contributed by atoms with Crippen molar-refractivity contribution in [1.29, 1.82) is 0 Å². The van der Waals surface area contributed by atoms with Crippen LogP contribution in [-0.4, -0.2) is 51.2 Å². The van der Waals surface area contributed by atoms with Gasteiger partial charge in [0.25, 0.3) is 11.6 Å². The summed E-state index contributed by atoms with van der Waals surface area (Å²) in [5.41, 5.74) is 1.20. The van der Waals surface area contributed by atoms with Gasteiger partial charge in [0, 0.05) is 44.0 Å². The van der Waals surface area contributed by atoms with Gasteiger partial charge in [-0.1, -0.05) is 0 Å². The predicted octanol–water partition coefficient (Wildman–Crippen LogP) is 1.21. The number of carbonyl (C=O) groups is 1. The van der Waals surface area contributed by atoms with Crippen molar-refractivity contribution in [2.45, 2.75) is 13.0 Å². The Labute approximate surface area is 132 Å². The Balaban J connectivity index is 1.79. The van der Waals surface area contributed by atoms with E-state index in [1.165, 1.54) is 18.3 Å². The smallest absolute Gasteiger partial charge is 0.269 e. The number of benzene rings is 1. The summed E-state index contributed by atoms with van der Waals surface area (Å²) in [4.78, 5) is 24.6. The van der Waals surface area contributed by atoms with Crippen LogP contribution in [0.1, 0.15) is 17.3 Å². The Morgan fingerprint density at radius 1 is 1.39 bits per heavy atom. The number of rotatable bonds is 3. The second kappa shape index (κ2) is 6.17. The fourth-order valence-electron chi connectivity index (χ4n) is 2.61. The van der Waals surface area contributed by atoms with E-state index in [-0.39, 0.29) is 17.6 Å². The number of amides is 1. The molecule has 0 spiro atoms. The molecule has 1 amide bonds. The van der Waals surface area contributed by atoms with Crippen LogP contribution in [0.5, 0.6) is 0 Å². The molecule has 1 aromatic carbocycles. The van der Waals surface area contributed by atoms with Crippen LogP contribution < -0.4 is 5.32 Å². The number of aromatic nitrogens is 2. The summed E-state index contributed by atoms with van der Waals surface area (Å²) < 4.78 is 1.55. The van der Waals surface area contributed by atoms with Gasteiger partial charge in [-0.25, -0.2) is 4.68 Å². The van der Waals surface area contributed by atoms with E-state index in [1.807, 2.05) is 11.8 Å². The van der Waals surface area contributed by atoms with E-state index in [1.54, 1.807) is 23.0 Å². The minimum Gasteiger partial charge on any atom is -0.333 e. The molecule has 23 heavy (non-hydrogen) atoms. The van der Waals surface area contributed by atoms with Gasteiger partial charge in [-0.3, -0.25) is 14.9 Å². The third-order valence-corrected chi connectivity index (χ3v) is 3.92. The van der Waals surface area contributed by atoms with Crippen molar-refractivity contribution in [2.75, 3.05) is 19.6 Å². The number of nitrogens with one attached hydrogen (secondary N) is 1. The lowest BCUT2D eigenvalue weighted by molar-refractivity contribution is -0.384. The molecule has 0 unspecified atom stereocenters. The van der Waals surface area contributed by atoms with Crippen LogP contribution in [-0.2, 0) is 0 Å². The van der Waals surface area contributed by atoms with E-state index in [9.17, 15) is 14.9 Å². The van der Waals surface area contributed by atoms with Crippen molar-refractivity contribution in [3.05, 3.63) is 52.3 Å². The second-order valence-corrected chi connectivity index (χ2v) is 5.50. The number of piperazine rings is 1. The molecule has 1 N–H and O–H groups in total. The van der Waals surface area contributed by atoms with Crippen molar-refractivity contribution in [1.82, 2.24) is 20.0 Å². The number of hydrogen-bond donors (Lipinski definition) is 1. The molecule has 120 valence electrons. The molecular weight excluding hydrogens is 298 g/mol. The van der Waals surface area contributed by atoms with Gasteiger partial charge in [0.1, 0.15) is 0 Å². The first kappa shape index (κ1) is 15.2. The minimum absolute atomic E-state index is 0.0202. The van der Waals surface area contributed by atoms with Crippen LogP contribution >= 0.6 is 0 Å². The number of nitrogens with zero attached hydrogens (tertiary/aromatic N) is 4. The van der Waals surface area contributed by atoms with Crippen molar-refractivity contribution in [2.24, 2.45) is 0 Å². The predicted molar refractivity (Wildman–Crippen MR) is 83.6 cm³/mol. The number of nitro benzene ring substituents is 1. The molecular formula is C15H17N5O3. The molecule has 0 saturated carbocycles. The number of carbonyl (C=O) groups excluding carboxylic acids is 1. The maximum absolute atomic E-state index is 12.6. The molecule has 8 nitrogen and oxygen atoms in total. The van der Waals surface area contributed by atoms with Crippen molar-refractivity contribution in [3.8, 4) is 5.69 Å². The van der Waals surface area contributed by atoms with Crippen molar-refractivity contribution >= 4 is 11.6 Å². The summed E-state index contributed by atoms with van der Waals surface area (Å²) in [5.74, 6) is -0.0489. The average molecular weight is 315 g/mol. The standard InChI is InChI=1S/C15H17N5O3/c1-11-8-16-6-7-18(11)15(21)12-9-17-19(10-12)13-2-4-14(5-3-13)20(22)23/h2-5,9-11,16H,6-8H2,1H3/t11-/m1/s1. The fraction of sp³-hybridized carbons (Fsp3) is 0.333. The molecule has 1 atom stereocenters. The third kappa shape index (κ3) is 3.07. The third-order valence-electron chi connectivity index (χ3n) is 3.92. The Bertz CT molecular complexity index is 725. The molecule has 1 aromatic heterocycles. The lowest BCUT2D eigenvalue weighted by Crippen LogP contribution is -2.52. The van der Waals surface area contributed by atoms with Gasteiger partial charge in [0.15, 0.2) is 0 Å². The number of nitro groups is 1. The highest BCUT2D eigenvalue weighted by Gasteiger charge is 2.25. The van der Waals surface area contributed by atoms with Gasteiger partial charge in [0.05, 0.1) is 22.4 Å². The Kier molecular flexibility index (Phi) is 4.07. The molecule has 2 heterocycles. The van der Waals surface area contributed by atoms with Crippen LogP contribution in [0.25, 0.3) is 5.69 Å². The molecule has 1 saturated heterocycles. The summed E-state index contributed by atoms with van der Waals surface area (Å²) in [6, 6.07) is 6.17. The van der Waals surface area contributed by atoms with Gasteiger partial charge < -0.3 is 10.2 Å². The molecule has 8 heteroatoms. The molecule has 2 aromatic rings. The first-order chi connectivity index (χ1) is 11.1. The second-order valence-electron chi connectivity index (χ2n) is 5.50. The zero-order chi connectivity index (χ0) is 16.4. The topological polar surface area (TPSA) is 93.3 Å². The van der Waals surface area contributed by atoms with Crippen molar-refractivity contribution < 1.29 is 9.72 Å². The first-order valence-corrected chi connectivity index (χ1v) is 7.37. The summed E-state index contributed by atoms with van der Waals surface area (Å²) in [6.07, 6.45) is 3.18. The van der Waals surface area contributed by atoms with E-state index < -0.39 is 4.92 Å². The summed E-state index contributed by atoms with van der Waals surface area (Å²) in [7, 11) is 0. The normalized spacial score (nSPS) is 18.0. The Hall–Kier alpha value is -2.74. The van der Waals surface area contributed by atoms with Gasteiger partial charge >= 0.3 is 0 Å². The SMILES string of the molecule is C[C@@H]1CNCCN1C(=O)c1cnn(-c2ccc([N+](=O)[O-])cc2)c1. The van der Waals surface area contributed by atoms with Gasteiger partial charge in [0.2, 0.25) is 0 Å². The zero-order valence-electron chi connectivity index (χ0n) is 12.7. The van der Waals surface area contributed by atoms with E-state index in [0.717, 1.165) is 13.1 Å². The maximum Gasteiger partial charge on any atom is 0.269 e. The highest BCUT2D eigenvalue weighted by molar-refractivity contribution is 5.94. The molecule has 1 fully saturated rings. The summed E-state index contributed by atoms with van der Waals surface area (Å²) >= 11 is 0.